The Labute approximate surface area is 158 Å². The predicted octanol–water partition coefficient (Wildman–Crippen LogP) is 3.56. The molecule has 2 aromatic carbocycles. The lowest BCUT2D eigenvalue weighted by molar-refractivity contribution is -0.140. The molecular formula is C21H24F2N2O2. The Morgan fingerprint density at radius 2 is 1.93 bits per heavy atom. The third kappa shape index (κ3) is 4.70. The number of likely N-dealkylation sites (N-methyl/N-ethyl adjacent to an activating group) is 1. The summed E-state index contributed by atoms with van der Waals surface area (Å²) in [5.74, 6) is -0.602. The fourth-order valence-electron chi connectivity index (χ4n) is 3.26. The number of benzene rings is 2. The van der Waals surface area contributed by atoms with E-state index in [2.05, 4.69) is 0 Å². The summed E-state index contributed by atoms with van der Waals surface area (Å²) in [6.45, 7) is 3.43. The Morgan fingerprint density at radius 3 is 2.63 bits per heavy atom. The first kappa shape index (κ1) is 19.5. The van der Waals surface area contributed by atoms with Gasteiger partial charge in [0.25, 0.3) is 0 Å². The molecule has 4 nitrogen and oxygen atoms in total. The third-order valence-corrected chi connectivity index (χ3v) is 5.06. The Kier molecular flexibility index (Phi) is 6.19. The van der Waals surface area contributed by atoms with Crippen molar-refractivity contribution < 1.29 is 18.3 Å². The fraction of sp³-hybridized carbons (Fsp3) is 0.381. The molecule has 3 rings (SSSR count). The van der Waals surface area contributed by atoms with E-state index in [4.69, 9.17) is 4.74 Å². The van der Waals surface area contributed by atoms with Crippen LogP contribution in [0.1, 0.15) is 30.2 Å². The standard InChI is InChI=1S/C21H24F2N2O2/c1-15(18-5-3-4-6-19(18)23)24(2)14-21(26)25-11-12-27-20(13-25)16-7-9-17(22)10-8-16/h3-10,15,20H,11-14H2,1-2H3. The highest BCUT2D eigenvalue weighted by Crippen LogP contribution is 2.24. The predicted molar refractivity (Wildman–Crippen MR) is 99.1 cm³/mol. The molecule has 144 valence electrons. The smallest absolute Gasteiger partial charge is 0.236 e. The van der Waals surface area contributed by atoms with Crippen molar-refractivity contribution in [2.45, 2.75) is 19.1 Å². The molecule has 0 N–H and O–H groups in total. The van der Waals surface area contributed by atoms with Gasteiger partial charge in [-0.05, 0) is 37.7 Å². The molecule has 1 aliphatic heterocycles. The Hall–Kier alpha value is -2.31. The molecule has 0 bridgehead atoms. The van der Waals surface area contributed by atoms with Gasteiger partial charge in [0.2, 0.25) is 5.91 Å². The molecule has 2 unspecified atom stereocenters. The van der Waals surface area contributed by atoms with Crippen LogP contribution < -0.4 is 0 Å². The molecule has 2 aromatic rings. The van der Waals surface area contributed by atoms with E-state index in [0.717, 1.165) is 5.56 Å². The number of amides is 1. The maximum Gasteiger partial charge on any atom is 0.236 e. The highest BCUT2D eigenvalue weighted by molar-refractivity contribution is 5.78. The quantitative estimate of drug-likeness (QED) is 0.802. The summed E-state index contributed by atoms with van der Waals surface area (Å²) in [5.41, 5.74) is 1.42. The monoisotopic (exact) mass is 374 g/mol. The minimum absolute atomic E-state index is 0.0314. The number of hydrogen-bond donors (Lipinski definition) is 0. The van der Waals surface area contributed by atoms with Crippen LogP contribution in [-0.2, 0) is 9.53 Å². The Bertz CT molecular complexity index is 782. The van der Waals surface area contributed by atoms with E-state index >= 15 is 0 Å². The summed E-state index contributed by atoms with van der Waals surface area (Å²) in [6, 6.07) is 12.5. The maximum atomic E-state index is 14.0. The van der Waals surface area contributed by atoms with E-state index in [1.54, 1.807) is 35.2 Å². The molecule has 0 spiro atoms. The molecule has 1 amide bonds. The Morgan fingerprint density at radius 1 is 1.22 bits per heavy atom. The molecule has 2 atom stereocenters. The zero-order chi connectivity index (χ0) is 19.4. The van der Waals surface area contributed by atoms with Crippen LogP contribution >= 0.6 is 0 Å². The molecule has 0 aromatic heterocycles. The largest absolute Gasteiger partial charge is 0.370 e. The van der Waals surface area contributed by atoms with Gasteiger partial charge >= 0.3 is 0 Å². The van der Waals surface area contributed by atoms with Gasteiger partial charge in [0.1, 0.15) is 17.7 Å². The van der Waals surface area contributed by atoms with Gasteiger partial charge < -0.3 is 9.64 Å². The van der Waals surface area contributed by atoms with E-state index in [0.29, 0.717) is 25.3 Å². The zero-order valence-electron chi connectivity index (χ0n) is 15.6. The molecule has 6 heteroatoms. The topological polar surface area (TPSA) is 32.8 Å². The van der Waals surface area contributed by atoms with Gasteiger partial charge in [-0.25, -0.2) is 8.78 Å². The Balaban J connectivity index is 1.61. The molecule has 1 aliphatic rings. The first-order chi connectivity index (χ1) is 13.0. The van der Waals surface area contributed by atoms with E-state index < -0.39 is 0 Å². The summed E-state index contributed by atoms with van der Waals surface area (Å²) in [6.07, 6.45) is -0.266. The van der Waals surface area contributed by atoms with E-state index in [-0.39, 0.29) is 36.2 Å². The van der Waals surface area contributed by atoms with E-state index in [9.17, 15) is 13.6 Å². The van der Waals surface area contributed by atoms with Crippen molar-refractivity contribution in [1.82, 2.24) is 9.80 Å². The number of hydrogen-bond acceptors (Lipinski definition) is 3. The third-order valence-electron chi connectivity index (χ3n) is 5.06. The summed E-state index contributed by atoms with van der Waals surface area (Å²) in [7, 11) is 1.81. The van der Waals surface area contributed by atoms with Crippen molar-refractivity contribution >= 4 is 5.91 Å². The van der Waals surface area contributed by atoms with Crippen molar-refractivity contribution in [1.29, 1.82) is 0 Å². The summed E-state index contributed by atoms with van der Waals surface area (Å²) in [4.78, 5) is 16.3. The normalized spacial score (nSPS) is 18.6. The van der Waals surface area contributed by atoms with Crippen LogP contribution in [-0.4, -0.2) is 49.0 Å². The maximum absolute atomic E-state index is 14.0. The van der Waals surface area contributed by atoms with Crippen molar-refractivity contribution in [2.24, 2.45) is 0 Å². The first-order valence-corrected chi connectivity index (χ1v) is 9.05. The van der Waals surface area contributed by atoms with E-state index in [1.165, 1.54) is 18.2 Å². The highest BCUT2D eigenvalue weighted by Gasteiger charge is 2.27. The zero-order valence-corrected chi connectivity index (χ0v) is 15.6. The van der Waals surface area contributed by atoms with Gasteiger partial charge in [0.15, 0.2) is 0 Å². The van der Waals surface area contributed by atoms with Gasteiger partial charge in [0, 0.05) is 18.2 Å². The summed E-state index contributed by atoms with van der Waals surface area (Å²) in [5, 5.41) is 0. The first-order valence-electron chi connectivity index (χ1n) is 9.05. The second kappa shape index (κ2) is 8.59. The van der Waals surface area contributed by atoms with Crippen molar-refractivity contribution in [2.75, 3.05) is 33.3 Å². The summed E-state index contributed by atoms with van der Waals surface area (Å²) < 4.78 is 32.8. The van der Waals surface area contributed by atoms with Crippen LogP contribution in [0, 0.1) is 11.6 Å². The van der Waals surface area contributed by atoms with Crippen LogP contribution in [0.5, 0.6) is 0 Å². The van der Waals surface area contributed by atoms with Crippen LogP contribution in [0.25, 0.3) is 0 Å². The minimum atomic E-state index is -0.300. The number of ether oxygens (including phenoxy) is 1. The van der Waals surface area contributed by atoms with Crippen LogP contribution in [0.3, 0.4) is 0 Å². The van der Waals surface area contributed by atoms with Crippen LogP contribution in [0.15, 0.2) is 48.5 Å². The molecule has 1 heterocycles. The van der Waals surface area contributed by atoms with Gasteiger partial charge in [-0.1, -0.05) is 30.3 Å². The molecule has 0 aliphatic carbocycles. The van der Waals surface area contributed by atoms with Gasteiger partial charge in [0.05, 0.1) is 19.7 Å². The van der Waals surface area contributed by atoms with Crippen LogP contribution in [0.4, 0.5) is 8.78 Å². The SMILES string of the molecule is CC(c1ccccc1F)N(C)CC(=O)N1CCOC(c2ccc(F)cc2)C1. The summed E-state index contributed by atoms with van der Waals surface area (Å²) >= 11 is 0. The van der Waals surface area contributed by atoms with Crippen molar-refractivity contribution in [3.05, 3.63) is 71.3 Å². The lowest BCUT2D eigenvalue weighted by Crippen LogP contribution is -2.46. The fourth-order valence-corrected chi connectivity index (χ4v) is 3.26. The lowest BCUT2D eigenvalue weighted by atomic mass is 10.1. The molecule has 0 saturated carbocycles. The average Bonchev–Trinajstić information content (AvgIpc) is 2.68. The molecule has 1 fully saturated rings. The van der Waals surface area contributed by atoms with Gasteiger partial charge in [-0.3, -0.25) is 9.69 Å². The number of halogens is 2. The molecule has 0 radical (unpaired) electrons. The van der Waals surface area contributed by atoms with Gasteiger partial charge in [-0.2, -0.15) is 0 Å². The van der Waals surface area contributed by atoms with Crippen molar-refractivity contribution in [3.63, 3.8) is 0 Å². The second-order valence-corrected chi connectivity index (χ2v) is 6.86. The molecule has 27 heavy (non-hydrogen) atoms. The van der Waals surface area contributed by atoms with Gasteiger partial charge in [-0.15, -0.1) is 0 Å². The molecule has 1 saturated heterocycles. The molecular weight excluding hydrogens is 350 g/mol. The minimum Gasteiger partial charge on any atom is -0.370 e. The second-order valence-electron chi connectivity index (χ2n) is 6.86. The number of rotatable bonds is 5. The number of morpholine rings is 1. The highest BCUT2D eigenvalue weighted by atomic mass is 19.1. The number of nitrogens with zero attached hydrogens (tertiary/aromatic N) is 2. The lowest BCUT2D eigenvalue weighted by Gasteiger charge is -2.35. The number of carbonyl (C=O) groups excluding carboxylic acids is 1. The van der Waals surface area contributed by atoms with Crippen molar-refractivity contribution in [3.8, 4) is 0 Å². The van der Waals surface area contributed by atoms with E-state index in [1.807, 2.05) is 18.9 Å². The average molecular weight is 374 g/mol. The number of carbonyl (C=O) groups is 1. The van der Waals surface area contributed by atoms with Crippen LogP contribution in [0.2, 0.25) is 0 Å².